The van der Waals surface area contributed by atoms with Gasteiger partial charge in [-0.1, -0.05) is 19.6 Å². The van der Waals surface area contributed by atoms with Crippen LogP contribution in [0.2, 0.25) is 25.7 Å². The van der Waals surface area contributed by atoms with Crippen LogP contribution in [0.1, 0.15) is 51.2 Å². The van der Waals surface area contributed by atoms with E-state index in [2.05, 4.69) is 36.9 Å². The van der Waals surface area contributed by atoms with E-state index in [-0.39, 0.29) is 18.7 Å². The summed E-state index contributed by atoms with van der Waals surface area (Å²) in [7, 11) is 0.343. The first-order valence-corrected chi connectivity index (χ1v) is 16.8. The van der Waals surface area contributed by atoms with E-state index in [0.29, 0.717) is 23.6 Å². The number of rotatable bonds is 8. The largest absolute Gasteiger partial charge is 0.496 e. The maximum atomic E-state index is 13.4. The summed E-state index contributed by atoms with van der Waals surface area (Å²) >= 11 is 0. The van der Waals surface area contributed by atoms with Gasteiger partial charge < -0.3 is 24.3 Å². The van der Waals surface area contributed by atoms with Gasteiger partial charge in [0.2, 0.25) is 5.82 Å². The van der Waals surface area contributed by atoms with Crippen molar-refractivity contribution in [1.82, 2.24) is 24.8 Å². The van der Waals surface area contributed by atoms with Crippen LogP contribution < -0.4 is 10.8 Å². The molecule has 2 aliphatic rings. The lowest BCUT2D eigenvalue weighted by Crippen LogP contribution is -2.44. The van der Waals surface area contributed by atoms with Crippen molar-refractivity contribution in [3.05, 3.63) is 18.1 Å². The molecule has 198 valence electrons. The van der Waals surface area contributed by atoms with Gasteiger partial charge in [-0.25, -0.2) is 9.97 Å². The van der Waals surface area contributed by atoms with Gasteiger partial charge in [0.1, 0.15) is 12.2 Å². The number of carbonyl (C=O) groups excluding carboxylic acids is 1. The van der Waals surface area contributed by atoms with E-state index in [4.69, 9.17) is 24.0 Å². The standard InChI is InChI=1S/C25H42BN5O4Si/c1-24(2)25(3,4)35-26(34-24)18-15-20-21(27-16-18)31(17-33-13-14-36(6,7)8)22(29-20)23(32)28-19-9-11-30(5)12-10-19/h15-16,19H,9-14,17H2,1-8H3,(H,28,32). The lowest BCUT2D eigenvalue weighted by atomic mass is 9.80. The Bertz CT molecular complexity index is 1080. The van der Waals surface area contributed by atoms with Crippen LogP contribution in [0.4, 0.5) is 0 Å². The highest BCUT2D eigenvalue weighted by atomic mass is 28.3. The number of imidazole rings is 1. The molecule has 1 N–H and O–H groups in total. The highest BCUT2D eigenvalue weighted by molar-refractivity contribution is 6.76. The second-order valence-electron chi connectivity index (χ2n) is 12.5. The number of hydrogen-bond donors (Lipinski definition) is 1. The Morgan fingerprint density at radius 3 is 2.44 bits per heavy atom. The van der Waals surface area contributed by atoms with Crippen molar-refractivity contribution in [3.8, 4) is 0 Å². The zero-order valence-electron chi connectivity index (χ0n) is 23.2. The number of nitrogens with one attached hydrogen (secondary N) is 1. The lowest BCUT2D eigenvalue weighted by molar-refractivity contribution is 0.00578. The number of carbonyl (C=O) groups is 1. The summed E-state index contributed by atoms with van der Waals surface area (Å²) in [5, 5.41) is 3.19. The van der Waals surface area contributed by atoms with Crippen molar-refractivity contribution in [1.29, 1.82) is 0 Å². The topological polar surface area (TPSA) is 90.7 Å². The number of fused-ring (bicyclic) bond motifs is 1. The number of likely N-dealkylation sites (tertiary alicyclic amines) is 1. The molecule has 0 atom stereocenters. The van der Waals surface area contributed by atoms with Gasteiger partial charge in [0.05, 0.1) is 11.2 Å². The van der Waals surface area contributed by atoms with E-state index in [0.717, 1.165) is 37.4 Å². The van der Waals surface area contributed by atoms with Gasteiger partial charge >= 0.3 is 7.12 Å². The fourth-order valence-electron chi connectivity index (χ4n) is 4.37. The molecule has 9 nitrogen and oxygen atoms in total. The van der Waals surface area contributed by atoms with Gasteiger partial charge in [0, 0.05) is 32.4 Å². The Balaban J connectivity index is 1.59. The third kappa shape index (κ3) is 6.02. The molecule has 0 bridgehead atoms. The van der Waals surface area contributed by atoms with Crippen LogP contribution in [-0.2, 0) is 20.8 Å². The zero-order chi connectivity index (χ0) is 26.3. The third-order valence-electron chi connectivity index (χ3n) is 7.61. The highest BCUT2D eigenvalue weighted by Gasteiger charge is 2.52. The van der Waals surface area contributed by atoms with Crippen molar-refractivity contribution >= 4 is 37.7 Å². The number of pyridine rings is 1. The predicted octanol–water partition coefficient (Wildman–Crippen LogP) is 2.87. The van der Waals surface area contributed by atoms with Gasteiger partial charge in [-0.05, 0) is 72.8 Å². The Labute approximate surface area is 216 Å². The molecule has 2 aromatic rings. The number of piperidine rings is 1. The lowest BCUT2D eigenvalue weighted by Gasteiger charge is -2.32. The van der Waals surface area contributed by atoms with Crippen molar-refractivity contribution in [2.24, 2.45) is 0 Å². The fourth-order valence-corrected chi connectivity index (χ4v) is 5.12. The number of aromatic nitrogens is 3. The maximum absolute atomic E-state index is 13.4. The molecule has 1 amide bonds. The average Bonchev–Trinajstić information content (AvgIpc) is 3.25. The Morgan fingerprint density at radius 1 is 1.19 bits per heavy atom. The molecular formula is C25H42BN5O4Si. The van der Waals surface area contributed by atoms with Gasteiger partial charge in [0.15, 0.2) is 5.65 Å². The molecule has 0 spiro atoms. The molecule has 2 aromatic heterocycles. The number of ether oxygens (including phenoxy) is 1. The number of nitrogens with zero attached hydrogens (tertiary/aromatic N) is 4. The molecule has 2 aliphatic heterocycles. The fraction of sp³-hybridized carbons (Fsp3) is 0.720. The SMILES string of the molecule is CN1CCC(NC(=O)c2nc3cc(B4OC(C)(C)C(C)(C)O4)cnc3n2COCC[Si](C)(C)C)CC1. The van der Waals surface area contributed by atoms with Crippen LogP contribution in [0, 0.1) is 0 Å². The van der Waals surface area contributed by atoms with Crippen molar-refractivity contribution in [2.75, 3.05) is 26.7 Å². The number of hydrogen-bond acceptors (Lipinski definition) is 7. The van der Waals surface area contributed by atoms with Crippen LogP contribution >= 0.6 is 0 Å². The first-order valence-electron chi connectivity index (χ1n) is 13.0. The molecule has 36 heavy (non-hydrogen) atoms. The van der Waals surface area contributed by atoms with Crippen LogP contribution in [0.25, 0.3) is 11.2 Å². The van der Waals surface area contributed by atoms with Crippen LogP contribution in [0.3, 0.4) is 0 Å². The van der Waals surface area contributed by atoms with Crippen molar-refractivity contribution in [2.45, 2.75) is 90.2 Å². The molecule has 0 aliphatic carbocycles. The second kappa shape index (κ2) is 10.2. The maximum Gasteiger partial charge on any atom is 0.496 e. The Morgan fingerprint density at radius 2 is 1.83 bits per heavy atom. The molecule has 11 heteroatoms. The van der Waals surface area contributed by atoms with Gasteiger partial charge in [-0.3, -0.25) is 9.36 Å². The molecule has 0 unspecified atom stereocenters. The third-order valence-corrected chi connectivity index (χ3v) is 9.31. The first-order chi connectivity index (χ1) is 16.8. The normalized spacial score (nSPS) is 20.8. The van der Waals surface area contributed by atoms with E-state index in [1.54, 1.807) is 10.8 Å². The summed E-state index contributed by atoms with van der Waals surface area (Å²) in [4.78, 5) is 25.0. The summed E-state index contributed by atoms with van der Waals surface area (Å²) in [6, 6.07) is 3.11. The van der Waals surface area contributed by atoms with Gasteiger partial charge in [-0.2, -0.15) is 0 Å². The van der Waals surface area contributed by atoms with E-state index >= 15 is 0 Å². The summed E-state index contributed by atoms with van der Waals surface area (Å²) in [5.74, 6) is 0.143. The van der Waals surface area contributed by atoms with Crippen molar-refractivity contribution < 1.29 is 18.8 Å². The Kier molecular flexibility index (Phi) is 7.70. The van der Waals surface area contributed by atoms with E-state index in [1.165, 1.54) is 0 Å². The van der Waals surface area contributed by atoms with E-state index in [9.17, 15) is 4.79 Å². The van der Waals surface area contributed by atoms with Crippen molar-refractivity contribution in [3.63, 3.8) is 0 Å². The summed E-state index contributed by atoms with van der Waals surface area (Å²) in [6.07, 6.45) is 3.61. The summed E-state index contributed by atoms with van der Waals surface area (Å²) < 4.78 is 20.2. The zero-order valence-corrected chi connectivity index (χ0v) is 24.2. The number of amides is 1. The van der Waals surface area contributed by atoms with E-state index < -0.39 is 26.4 Å². The van der Waals surface area contributed by atoms with E-state index in [1.807, 2.05) is 33.8 Å². The monoisotopic (exact) mass is 515 g/mol. The predicted molar refractivity (Wildman–Crippen MR) is 145 cm³/mol. The minimum absolute atomic E-state index is 0.142. The molecule has 2 fully saturated rings. The minimum Gasteiger partial charge on any atom is -0.399 e. The molecule has 4 heterocycles. The molecule has 0 saturated carbocycles. The molecule has 4 rings (SSSR count). The molecule has 0 aromatic carbocycles. The quantitative estimate of drug-likeness (QED) is 0.427. The van der Waals surface area contributed by atoms with Gasteiger partial charge in [0.25, 0.3) is 5.91 Å². The second-order valence-corrected chi connectivity index (χ2v) is 18.1. The van der Waals surface area contributed by atoms with Crippen LogP contribution in [-0.4, -0.2) is 84.5 Å². The minimum atomic E-state index is -1.23. The van der Waals surface area contributed by atoms with Gasteiger partial charge in [-0.15, -0.1) is 0 Å². The molecule has 0 radical (unpaired) electrons. The highest BCUT2D eigenvalue weighted by Crippen LogP contribution is 2.36. The summed E-state index contributed by atoms with van der Waals surface area (Å²) in [5.41, 5.74) is 1.14. The molecular weight excluding hydrogens is 473 g/mol. The van der Waals surface area contributed by atoms with Crippen LogP contribution in [0.5, 0.6) is 0 Å². The van der Waals surface area contributed by atoms with Crippen LogP contribution in [0.15, 0.2) is 12.3 Å². The molecule has 2 saturated heterocycles. The Hall–Kier alpha value is -1.79. The smallest absolute Gasteiger partial charge is 0.399 e. The summed E-state index contributed by atoms with van der Waals surface area (Å²) in [6.45, 7) is 17.9. The average molecular weight is 516 g/mol. The first kappa shape index (κ1) is 27.3.